The first kappa shape index (κ1) is 16.2. The van der Waals surface area contributed by atoms with Gasteiger partial charge in [-0.05, 0) is 36.5 Å². The predicted molar refractivity (Wildman–Crippen MR) is 82.8 cm³/mol. The summed E-state index contributed by atoms with van der Waals surface area (Å²) in [5.74, 6) is 0.949. The minimum atomic E-state index is -4.32. The van der Waals surface area contributed by atoms with E-state index in [9.17, 15) is 13.2 Å². The number of halogens is 3. The molecule has 0 saturated carbocycles. The summed E-state index contributed by atoms with van der Waals surface area (Å²) in [6.07, 6.45) is -2.19. The molecule has 0 bridgehead atoms. The lowest BCUT2D eigenvalue weighted by molar-refractivity contribution is -0.137. The second kappa shape index (κ2) is 6.30. The number of hydrogen-bond acceptors (Lipinski definition) is 3. The van der Waals surface area contributed by atoms with Crippen LogP contribution in [0.4, 0.5) is 18.9 Å². The van der Waals surface area contributed by atoms with E-state index in [4.69, 9.17) is 0 Å². The van der Waals surface area contributed by atoms with E-state index in [1.165, 1.54) is 6.07 Å². The Morgan fingerprint density at radius 3 is 2.52 bits per heavy atom. The maximum atomic E-state index is 12.7. The topological polar surface area (TPSA) is 24.4 Å². The number of nitrogens with one attached hydrogen (secondary N) is 1. The molecule has 6 heteroatoms. The molecule has 0 amide bonds. The fourth-order valence-corrected chi connectivity index (χ4v) is 3.49. The third-order valence-electron chi connectivity index (χ3n) is 4.01. The summed E-state index contributed by atoms with van der Waals surface area (Å²) >= 11 is 1.59. The predicted octanol–water partition coefficient (Wildman–Crippen LogP) is 5.03. The molecule has 0 fully saturated rings. The highest BCUT2D eigenvalue weighted by atomic mass is 32.2. The average Bonchev–Trinajstić information content (AvgIpc) is 2.48. The first-order valence-corrected chi connectivity index (χ1v) is 7.98. The Morgan fingerprint density at radius 1 is 1.29 bits per heavy atom. The summed E-state index contributed by atoms with van der Waals surface area (Å²) in [5, 5.41) is 3.69. The van der Waals surface area contributed by atoms with Gasteiger partial charge in [-0.15, -0.1) is 0 Å². The Labute approximate surface area is 127 Å². The van der Waals surface area contributed by atoms with E-state index in [-0.39, 0.29) is 5.41 Å². The number of rotatable bonds is 3. The van der Waals surface area contributed by atoms with Crippen molar-refractivity contribution in [1.82, 2.24) is 0 Å². The molecule has 1 heterocycles. The molecule has 1 aliphatic heterocycles. The number of alkyl halides is 3. The van der Waals surface area contributed by atoms with Crippen molar-refractivity contribution in [3.63, 3.8) is 0 Å². The third kappa shape index (κ3) is 3.93. The molecule has 1 aliphatic rings. The van der Waals surface area contributed by atoms with E-state index in [1.807, 2.05) is 0 Å². The molecule has 0 spiro atoms. The first-order valence-electron chi connectivity index (χ1n) is 7.00. The zero-order valence-corrected chi connectivity index (χ0v) is 12.9. The standard InChI is InChI=1S/C15H19F3N2S/c1-3-14(4-2)9-19-13(21-10-14)20-12-7-5-6-11(8-12)15(16,17)18/h5-8H,3-4,9-10H2,1-2H3,(H,19,20). The normalized spacial score (nSPS) is 18.2. The molecule has 0 radical (unpaired) electrons. The van der Waals surface area contributed by atoms with Gasteiger partial charge in [-0.2, -0.15) is 13.2 Å². The van der Waals surface area contributed by atoms with Crippen molar-refractivity contribution in [1.29, 1.82) is 0 Å². The van der Waals surface area contributed by atoms with E-state index in [0.29, 0.717) is 10.9 Å². The highest BCUT2D eigenvalue weighted by Gasteiger charge is 2.32. The Balaban J connectivity index is 2.08. The largest absolute Gasteiger partial charge is 0.416 e. The average molecular weight is 316 g/mol. The molecule has 116 valence electrons. The summed E-state index contributed by atoms with van der Waals surface area (Å²) in [5.41, 5.74) is 0.00544. The van der Waals surface area contributed by atoms with Crippen LogP contribution in [0.15, 0.2) is 29.3 Å². The monoisotopic (exact) mass is 316 g/mol. The summed E-state index contributed by atoms with van der Waals surface area (Å²) in [6, 6.07) is 5.21. The van der Waals surface area contributed by atoms with Crippen LogP contribution in [0.1, 0.15) is 32.3 Å². The van der Waals surface area contributed by atoms with Crippen LogP contribution >= 0.6 is 11.8 Å². The fraction of sp³-hybridized carbons (Fsp3) is 0.533. The van der Waals surface area contributed by atoms with Crippen LogP contribution in [-0.2, 0) is 6.18 Å². The number of anilines is 1. The molecule has 0 aromatic heterocycles. The zero-order valence-electron chi connectivity index (χ0n) is 12.1. The van der Waals surface area contributed by atoms with Crippen molar-refractivity contribution in [2.24, 2.45) is 10.4 Å². The SMILES string of the molecule is CCC1(CC)CN=C(Nc2cccc(C(F)(F)F)c2)SC1. The van der Waals surface area contributed by atoms with Gasteiger partial charge in [0.2, 0.25) is 0 Å². The number of hydrogen-bond donors (Lipinski definition) is 1. The van der Waals surface area contributed by atoms with Gasteiger partial charge < -0.3 is 5.32 Å². The van der Waals surface area contributed by atoms with Crippen LogP contribution in [0.5, 0.6) is 0 Å². The van der Waals surface area contributed by atoms with Crippen molar-refractivity contribution in [3.05, 3.63) is 29.8 Å². The van der Waals surface area contributed by atoms with Crippen molar-refractivity contribution < 1.29 is 13.2 Å². The van der Waals surface area contributed by atoms with Crippen LogP contribution in [0.25, 0.3) is 0 Å². The maximum absolute atomic E-state index is 12.7. The number of nitrogens with zero attached hydrogens (tertiary/aromatic N) is 1. The Morgan fingerprint density at radius 2 is 2.00 bits per heavy atom. The second-order valence-corrected chi connectivity index (χ2v) is 6.28. The maximum Gasteiger partial charge on any atom is 0.416 e. The lowest BCUT2D eigenvalue weighted by Crippen LogP contribution is -2.32. The molecular formula is C15H19F3N2S. The number of aliphatic imine (C=N–C) groups is 1. The van der Waals surface area contributed by atoms with E-state index in [2.05, 4.69) is 24.2 Å². The summed E-state index contributed by atoms with van der Waals surface area (Å²) in [4.78, 5) is 4.50. The van der Waals surface area contributed by atoms with Gasteiger partial charge in [0.25, 0.3) is 0 Å². The van der Waals surface area contributed by atoms with Crippen molar-refractivity contribution >= 4 is 22.6 Å². The van der Waals surface area contributed by atoms with E-state index in [1.54, 1.807) is 17.8 Å². The molecule has 1 aromatic rings. The van der Waals surface area contributed by atoms with E-state index >= 15 is 0 Å². The van der Waals surface area contributed by atoms with E-state index in [0.717, 1.165) is 37.3 Å². The van der Waals surface area contributed by atoms with Gasteiger partial charge in [-0.25, -0.2) is 0 Å². The quantitative estimate of drug-likeness (QED) is 0.846. The van der Waals surface area contributed by atoms with Gasteiger partial charge in [0.05, 0.1) is 5.56 Å². The first-order chi connectivity index (χ1) is 9.88. The van der Waals surface area contributed by atoms with Gasteiger partial charge in [0.15, 0.2) is 5.17 Å². The van der Waals surface area contributed by atoms with Crippen molar-refractivity contribution in [2.75, 3.05) is 17.6 Å². The van der Waals surface area contributed by atoms with Crippen LogP contribution in [-0.4, -0.2) is 17.5 Å². The number of benzene rings is 1. The minimum absolute atomic E-state index is 0.226. The molecule has 0 saturated heterocycles. The minimum Gasteiger partial charge on any atom is -0.335 e. The van der Waals surface area contributed by atoms with Gasteiger partial charge in [0.1, 0.15) is 0 Å². The van der Waals surface area contributed by atoms with E-state index < -0.39 is 11.7 Å². The van der Waals surface area contributed by atoms with Crippen molar-refractivity contribution in [3.8, 4) is 0 Å². The van der Waals surface area contributed by atoms with Crippen molar-refractivity contribution in [2.45, 2.75) is 32.9 Å². The van der Waals surface area contributed by atoms with Crippen LogP contribution in [0.2, 0.25) is 0 Å². The molecule has 21 heavy (non-hydrogen) atoms. The zero-order chi connectivity index (χ0) is 15.5. The van der Waals surface area contributed by atoms with Gasteiger partial charge in [-0.1, -0.05) is 31.7 Å². The molecular weight excluding hydrogens is 297 g/mol. The lowest BCUT2D eigenvalue weighted by Gasteiger charge is -2.33. The van der Waals surface area contributed by atoms with Gasteiger partial charge >= 0.3 is 6.18 Å². The lowest BCUT2D eigenvalue weighted by atomic mass is 9.84. The molecule has 1 aromatic carbocycles. The van der Waals surface area contributed by atoms with Gasteiger partial charge in [-0.3, -0.25) is 4.99 Å². The van der Waals surface area contributed by atoms with Crippen LogP contribution in [0, 0.1) is 5.41 Å². The smallest absolute Gasteiger partial charge is 0.335 e. The van der Waals surface area contributed by atoms with Gasteiger partial charge in [0, 0.05) is 18.0 Å². The molecule has 0 aliphatic carbocycles. The third-order valence-corrected chi connectivity index (χ3v) is 5.28. The molecule has 0 atom stereocenters. The number of thioether (sulfide) groups is 1. The molecule has 2 rings (SSSR count). The Kier molecular flexibility index (Phi) is 4.86. The summed E-state index contributed by atoms with van der Waals surface area (Å²) in [7, 11) is 0. The fourth-order valence-electron chi connectivity index (χ4n) is 2.20. The Bertz CT molecular complexity index is 522. The molecule has 1 N–H and O–H groups in total. The number of amidine groups is 1. The second-order valence-electron chi connectivity index (χ2n) is 5.32. The Hall–Kier alpha value is -1.17. The summed E-state index contributed by atoms with van der Waals surface area (Å²) in [6.45, 7) is 5.05. The molecule has 0 unspecified atom stereocenters. The molecule has 2 nitrogen and oxygen atoms in total. The highest BCUT2D eigenvalue weighted by Crippen LogP contribution is 2.36. The highest BCUT2D eigenvalue weighted by molar-refractivity contribution is 8.14. The van der Waals surface area contributed by atoms with Crippen LogP contribution < -0.4 is 5.32 Å². The summed E-state index contributed by atoms with van der Waals surface area (Å²) < 4.78 is 38.0. The van der Waals surface area contributed by atoms with Crippen LogP contribution in [0.3, 0.4) is 0 Å².